The van der Waals surface area contributed by atoms with Gasteiger partial charge in [0.15, 0.2) is 0 Å². The second-order valence-electron chi connectivity index (χ2n) is 3.69. The highest BCUT2D eigenvalue weighted by Gasteiger charge is 2.04. The van der Waals surface area contributed by atoms with Gasteiger partial charge in [0.2, 0.25) is 0 Å². The van der Waals surface area contributed by atoms with Gasteiger partial charge in [-0.25, -0.2) is 4.39 Å². The molecule has 80 valence electrons. The Labute approximate surface area is 90.5 Å². The van der Waals surface area contributed by atoms with Crippen LogP contribution in [-0.4, -0.2) is 6.04 Å². The SMILES string of the molecule is C#CCCCC(N)Cc1cccc(F)c1. The third-order valence-corrected chi connectivity index (χ3v) is 2.28. The highest BCUT2D eigenvalue weighted by Crippen LogP contribution is 2.08. The molecule has 2 heteroatoms. The fourth-order valence-corrected chi connectivity index (χ4v) is 1.54. The van der Waals surface area contributed by atoms with Gasteiger partial charge in [-0.15, -0.1) is 12.3 Å². The van der Waals surface area contributed by atoms with Crippen LogP contribution in [0.2, 0.25) is 0 Å². The van der Waals surface area contributed by atoms with Crippen molar-refractivity contribution in [2.75, 3.05) is 0 Å². The minimum atomic E-state index is -0.205. The van der Waals surface area contributed by atoms with Crippen LogP contribution in [0.3, 0.4) is 0 Å². The van der Waals surface area contributed by atoms with Crippen LogP contribution in [0.25, 0.3) is 0 Å². The van der Waals surface area contributed by atoms with Crippen molar-refractivity contribution < 1.29 is 4.39 Å². The Morgan fingerprint density at radius 3 is 2.93 bits per heavy atom. The molecule has 0 amide bonds. The molecule has 0 aromatic heterocycles. The van der Waals surface area contributed by atoms with Crippen LogP contribution in [0.4, 0.5) is 4.39 Å². The van der Waals surface area contributed by atoms with Crippen LogP contribution in [0.5, 0.6) is 0 Å². The second-order valence-corrected chi connectivity index (χ2v) is 3.69. The van der Waals surface area contributed by atoms with Crippen molar-refractivity contribution in [2.24, 2.45) is 5.73 Å². The molecule has 1 aromatic rings. The van der Waals surface area contributed by atoms with Gasteiger partial charge in [-0.3, -0.25) is 0 Å². The molecule has 1 aromatic carbocycles. The monoisotopic (exact) mass is 205 g/mol. The Kier molecular flexibility index (Phi) is 4.86. The number of rotatable bonds is 5. The van der Waals surface area contributed by atoms with E-state index < -0.39 is 0 Å². The van der Waals surface area contributed by atoms with Gasteiger partial charge in [-0.1, -0.05) is 12.1 Å². The molecule has 2 N–H and O–H groups in total. The van der Waals surface area contributed by atoms with E-state index in [1.165, 1.54) is 12.1 Å². The predicted molar refractivity (Wildman–Crippen MR) is 60.8 cm³/mol. The number of hydrogen-bond acceptors (Lipinski definition) is 1. The number of nitrogens with two attached hydrogens (primary N) is 1. The second kappa shape index (κ2) is 6.21. The topological polar surface area (TPSA) is 26.0 Å². The van der Waals surface area contributed by atoms with Crippen LogP contribution in [-0.2, 0) is 6.42 Å². The molecule has 0 bridgehead atoms. The molecule has 1 nitrogen and oxygen atoms in total. The molecule has 1 unspecified atom stereocenters. The highest BCUT2D eigenvalue weighted by atomic mass is 19.1. The van der Waals surface area contributed by atoms with Gasteiger partial charge in [0.05, 0.1) is 0 Å². The van der Waals surface area contributed by atoms with Crippen molar-refractivity contribution >= 4 is 0 Å². The van der Waals surface area contributed by atoms with E-state index in [1.54, 1.807) is 6.07 Å². The minimum Gasteiger partial charge on any atom is -0.327 e. The normalized spacial score (nSPS) is 12.1. The molecule has 0 saturated carbocycles. The average molecular weight is 205 g/mol. The van der Waals surface area contributed by atoms with Crippen LogP contribution < -0.4 is 5.73 Å². The molecule has 0 radical (unpaired) electrons. The molecule has 1 atom stereocenters. The third kappa shape index (κ3) is 4.62. The molecular formula is C13H16FN. The van der Waals surface area contributed by atoms with E-state index in [2.05, 4.69) is 5.92 Å². The summed E-state index contributed by atoms with van der Waals surface area (Å²) in [5, 5.41) is 0. The molecule has 0 saturated heterocycles. The summed E-state index contributed by atoms with van der Waals surface area (Å²) in [5.74, 6) is 2.38. The largest absolute Gasteiger partial charge is 0.327 e. The van der Waals surface area contributed by atoms with Crippen LogP contribution >= 0.6 is 0 Å². The molecule has 0 spiro atoms. The summed E-state index contributed by atoms with van der Waals surface area (Å²) in [6.45, 7) is 0. The Morgan fingerprint density at radius 2 is 2.27 bits per heavy atom. The first-order chi connectivity index (χ1) is 7.22. The average Bonchev–Trinajstić information content (AvgIpc) is 2.18. The third-order valence-electron chi connectivity index (χ3n) is 2.28. The Hall–Kier alpha value is -1.33. The van der Waals surface area contributed by atoms with Gasteiger partial charge >= 0.3 is 0 Å². The zero-order chi connectivity index (χ0) is 11.1. The quantitative estimate of drug-likeness (QED) is 0.580. The molecule has 15 heavy (non-hydrogen) atoms. The smallest absolute Gasteiger partial charge is 0.123 e. The zero-order valence-corrected chi connectivity index (χ0v) is 8.75. The number of terminal acetylenes is 1. The number of benzene rings is 1. The van der Waals surface area contributed by atoms with Gasteiger partial charge < -0.3 is 5.73 Å². The first-order valence-electron chi connectivity index (χ1n) is 5.16. The number of hydrogen-bond donors (Lipinski definition) is 1. The van der Waals surface area contributed by atoms with E-state index in [4.69, 9.17) is 12.2 Å². The predicted octanol–water partition coefficient (Wildman–Crippen LogP) is 2.50. The van der Waals surface area contributed by atoms with Crippen LogP contribution in [0.15, 0.2) is 24.3 Å². The van der Waals surface area contributed by atoms with Crippen molar-refractivity contribution in [3.05, 3.63) is 35.6 Å². The van der Waals surface area contributed by atoms with E-state index in [9.17, 15) is 4.39 Å². The molecule has 0 aliphatic carbocycles. The number of halogens is 1. The molecule has 0 heterocycles. The Bertz CT molecular complexity index is 341. The maximum Gasteiger partial charge on any atom is 0.123 e. The fourth-order valence-electron chi connectivity index (χ4n) is 1.54. The lowest BCUT2D eigenvalue weighted by Crippen LogP contribution is -2.22. The fraction of sp³-hybridized carbons (Fsp3) is 0.385. The van der Waals surface area contributed by atoms with Crippen molar-refractivity contribution in [1.29, 1.82) is 0 Å². The maximum absolute atomic E-state index is 12.9. The van der Waals surface area contributed by atoms with Crippen molar-refractivity contribution in [2.45, 2.75) is 31.7 Å². The first-order valence-corrected chi connectivity index (χ1v) is 5.16. The summed E-state index contributed by atoms with van der Waals surface area (Å²) in [6.07, 6.45) is 8.45. The lowest BCUT2D eigenvalue weighted by molar-refractivity contribution is 0.581. The van der Waals surface area contributed by atoms with Crippen molar-refractivity contribution in [3.63, 3.8) is 0 Å². The minimum absolute atomic E-state index is 0.0696. The van der Waals surface area contributed by atoms with E-state index in [0.717, 1.165) is 24.8 Å². The van der Waals surface area contributed by atoms with Gasteiger partial charge in [0.25, 0.3) is 0 Å². The molecular weight excluding hydrogens is 189 g/mol. The van der Waals surface area contributed by atoms with E-state index in [0.29, 0.717) is 6.42 Å². The van der Waals surface area contributed by atoms with Gasteiger partial charge in [0, 0.05) is 12.5 Å². The van der Waals surface area contributed by atoms with Crippen molar-refractivity contribution in [3.8, 4) is 12.3 Å². The number of unbranched alkanes of at least 4 members (excludes halogenated alkanes) is 1. The van der Waals surface area contributed by atoms with Crippen LogP contribution in [0, 0.1) is 18.2 Å². The zero-order valence-electron chi connectivity index (χ0n) is 8.75. The van der Waals surface area contributed by atoms with Gasteiger partial charge in [0.1, 0.15) is 5.82 Å². The molecule has 0 aliphatic heterocycles. The van der Waals surface area contributed by atoms with E-state index in [-0.39, 0.29) is 11.9 Å². The maximum atomic E-state index is 12.9. The summed E-state index contributed by atoms with van der Waals surface area (Å²) in [5.41, 5.74) is 6.85. The van der Waals surface area contributed by atoms with Crippen LogP contribution in [0.1, 0.15) is 24.8 Å². The standard InChI is InChI=1S/C13H16FN/c1-2-3-4-8-13(15)10-11-6-5-7-12(14)9-11/h1,5-7,9,13H,3-4,8,10,15H2. The summed E-state index contributed by atoms with van der Waals surface area (Å²) >= 11 is 0. The summed E-state index contributed by atoms with van der Waals surface area (Å²) in [7, 11) is 0. The van der Waals surface area contributed by atoms with E-state index >= 15 is 0 Å². The molecule has 1 rings (SSSR count). The van der Waals surface area contributed by atoms with Crippen molar-refractivity contribution in [1.82, 2.24) is 0 Å². The highest BCUT2D eigenvalue weighted by molar-refractivity contribution is 5.17. The Balaban J connectivity index is 2.38. The summed E-state index contributed by atoms with van der Waals surface area (Å²) in [6, 6.07) is 6.64. The van der Waals surface area contributed by atoms with Gasteiger partial charge in [-0.05, 0) is 37.0 Å². The first kappa shape index (κ1) is 11.7. The summed E-state index contributed by atoms with van der Waals surface area (Å²) < 4.78 is 12.9. The molecule has 0 fully saturated rings. The molecule has 0 aliphatic rings. The van der Waals surface area contributed by atoms with E-state index in [1.807, 2.05) is 6.07 Å². The van der Waals surface area contributed by atoms with Gasteiger partial charge in [-0.2, -0.15) is 0 Å². The lowest BCUT2D eigenvalue weighted by Gasteiger charge is -2.10. The Morgan fingerprint density at radius 1 is 1.47 bits per heavy atom. The summed E-state index contributed by atoms with van der Waals surface area (Å²) in [4.78, 5) is 0. The lowest BCUT2D eigenvalue weighted by atomic mass is 10.0.